The van der Waals surface area contributed by atoms with Gasteiger partial charge in [-0.2, -0.15) is 4.98 Å². The highest BCUT2D eigenvalue weighted by Gasteiger charge is 2.14. The van der Waals surface area contributed by atoms with Crippen molar-refractivity contribution < 1.29 is 9.63 Å². The molecular weight excluding hydrogens is 242 g/mol. The summed E-state index contributed by atoms with van der Waals surface area (Å²) in [6.07, 6.45) is 0. The van der Waals surface area contributed by atoms with Crippen LogP contribution in [-0.2, 0) is 6.54 Å². The summed E-state index contributed by atoms with van der Waals surface area (Å²) in [6, 6.07) is 10.0. The number of rotatable bonds is 6. The van der Waals surface area contributed by atoms with Crippen molar-refractivity contribution in [3.05, 3.63) is 36.2 Å². The molecule has 0 aliphatic heterocycles. The highest BCUT2D eigenvalue weighted by atomic mass is 16.5. The molecule has 1 heterocycles. The minimum absolute atomic E-state index is 0.127. The van der Waals surface area contributed by atoms with E-state index in [0.717, 1.165) is 5.56 Å². The van der Waals surface area contributed by atoms with Crippen molar-refractivity contribution in [2.24, 2.45) is 0 Å². The van der Waals surface area contributed by atoms with Crippen LogP contribution in [0.1, 0.15) is 19.7 Å². The van der Waals surface area contributed by atoms with Gasteiger partial charge in [-0.1, -0.05) is 23.4 Å². The summed E-state index contributed by atoms with van der Waals surface area (Å²) in [5.74, 6) is 1.17. The number of nitrogens with zero attached hydrogens (tertiary/aromatic N) is 3. The number of benzene rings is 1. The molecule has 0 atom stereocenters. The van der Waals surface area contributed by atoms with Gasteiger partial charge in [0, 0.05) is 18.2 Å². The second kappa shape index (κ2) is 6.45. The molecule has 102 valence electrons. The number of aliphatic hydroxyl groups excluding tert-OH is 1. The maximum Gasteiger partial charge on any atom is 0.257 e. The molecule has 1 aromatic heterocycles. The highest BCUT2D eigenvalue weighted by Crippen LogP contribution is 2.16. The predicted octanol–water partition coefficient (Wildman–Crippen LogP) is 1.94. The van der Waals surface area contributed by atoms with E-state index in [2.05, 4.69) is 28.9 Å². The van der Waals surface area contributed by atoms with E-state index in [-0.39, 0.29) is 6.61 Å². The van der Waals surface area contributed by atoms with Gasteiger partial charge in [0.05, 0.1) is 13.2 Å². The Balaban J connectivity index is 2.09. The molecule has 0 radical (unpaired) electrons. The van der Waals surface area contributed by atoms with Crippen molar-refractivity contribution in [3.8, 4) is 11.5 Å². The molecule has 0 unspecified atom stereocenters. The van der Waals surface area contributed by atoms with Gasteiger partial charge in [0.25, 0.3) is 5.89 Å². The average Bonchev–Trinajstić information content (AvgIpc) is 2.88. The lowest BCUT2D eigenvalue weighted by Gasteiger charge is -2.23. The summed E-state index contributed by atoms with van der Waals surface area (Å²) in [7, 11) is 0. The van der Waals surface area contributed by atoms with Crippen LogP contribution in [0.25, 0.3) is 11.5 Å². The van der Waals surface area contributed by atoms with E-state index >= 15 is 0 Å². The molecule has 0 saturated carbocycles. The zero-order valence-corrected chi connectivity index (χ0v) is 11.3. The lowest BCUT2D eigenvalue weighted by molar-refractivity contribution is 0.155. The first kappa shape index (κ1) is 13.7. The normalized spacial score (nSPS) is 11.4. The van der Waals surface area contributed by atoms with Crippen molar-refractivity contribution in [1.29, 1.82) is 0 Å². The molecule has 1 N–H and O–H groups in total. The lowest BCUT2D eigenvalue weighted by atomic mass is 10.2. The maximum absolute atomic E-state index is 9.04. The molecular formula is C14H19N3O2. The standard InChI is InChI=1S/C14H19N3O2/c1-11(2)17(8-9-18)10-13-15-14(19-16-13)12-6-4-3-5-7-12/h3-7,11,18H,8-10H2,1-2H3. The van der Waals surface area contributed by atoms with Crippen LogP contribution >= 0.6 is 0 Å². The molecule has 2 aromatic rings. The number of aliphatic hydroxyl groups is 1. The third-order valence-corrected chi connectivity index (χ3v) is 2.95. The van der Waals surface area contributed by atoms with E-state index in [9.17, 15) is 0 Å². The van der Waals surface area contributed by atoms with Crippen LogP contribution in [0.4, 0.5) is 0 Å². The van der Waals surface area contributed by atoms with Crippen molar-refractivity contribution >= 4 is 0 Å². The zero-order chi connectivity index (χ0) is 13.7. The van der Waals surface area contributed by atoms with Gasteiger partial charge in [-0.3, -0.25) is 4.90 Å². The Morgan fingerprint density at radius 1 is 1.26 bits per heavy atom. The fourth-order valence-corrected chi connectivity index (χ4v) is 1.85. The van der Waals surface area contributed by atoms with Crippen molar-refractivity contribution in [3.63, 3.8) is 0 Å². The summed E-state index contributed by atoms with van der Waals surface area (Å²) in [6.45, 7) is 5.46. The lowest BCUT2D eigenvalue weighted by Crippen LogP contribution is -2.33. The minimum atomic E-state index is 0.127. The summed E-state index contributed by atoms with van der Waals surface area (Å²) < 4.78 is 5.26. The Hall–Kier alpha value is -1.72. The predicted molar refractivity (Wildman–Crippen MR) is 72.4 cm³/mol. The molecule has 1 aromatic carbocycles. The second-order valence-corrected chi connectivity index (χ2v) is 4.67. The summed E-state index contributed by atoms with van der Waals surface area (Å²) in [5.41, 5.74) is 0.916. The molecule has 0 saturated heterocycles. The molecule has 0 fully saturated rings. The highest BCUT2D eigenvalue weighted by molar-refractivity contribution is 5.51. The molecule has 0 spiro atoms. The van der Waals surface area contributed by atoms with Crippen molar-refractivity contribution in [2.75, 3.05) is 13.2 Å². The Bertz CT molecular complexity index is 496. The first-order valence-electron chi connectivity index (χ1n) is 6.43. The van der Waals surface area contributed by atoms with Crippen LogP contribution in [0.3, 0.4) is 0 Å². The van der Waals surface area contributed by atoms with Crippen LogP contribution in [0.2, 0.25) is 0 Å². The van der Waals surface area contributed by atoms with Gasteiger partial charge in [-0.25, -0.2) is 0 Å². The molecule has 0 aliphatic rings. The van der Waals surface area contributed by atoms with E-state index in [1.165, 1.54) is 0 Å². The fourth-order valence-electron chi connectivity index (χ4n) is 1.85. The van der Waals surface area contributed by atoms with Crippen molar-refractivity contribution in [2.45, 2.75) is 26.4 Å². The first-order valence-corrected chi connectivity index (χ1v) is 6.43. The van der Waals surface area contributed by atoms with E-state index in [4.69, 9.17) is 9.63 Å². The largest absolute Gasteiger partial charge is 0.395 e. The van der Waals surface area contributed by atoms with Gasteiger partial charge in [0.2, 0.25) is 0 Å². The van der Waals surface area contributed by atoms with Crippen LogP contribution in [0, 0.1) is 0 Å². The second-order valence-electron chi connectivity index (χ2n) is 4.67. The van der Waals surface area contributed by atoms with E-state index in [1.807, 2.05) is 30.3 Å². The first-order chi connectivity index (χ1) is 9.20. The van der Waals surface area contributed by atoms with Gasteiger partial charge < -0.3 is 9.63 Å². The van der Waals surface area contributed by atoms with Gasteiger partial charge in [0.1, 0.15) is 0 Å². The summed E-state index contributed by atoms with van der Waals surface area (Å²) in [5, 5.41) is 13.0. The van der Waals surface area contributed by atoms with E-state index < -0.39 is 0 Å². The molecule has 2 rings (SSSR count). The topological polar surface area (TPSA) is 62.4 Å². The monoisotopic (exact) mass is 261 g/mol. The average molecular weight is 261 g/mol. The van der Waals surface area contributed by atoms with Crippen LogP contribution in [0.15, 0.2) is 34.9 Å². The SMILES string of the molecule is CC(C)N(CCO)Cc1noc(-c2ccccc2)n1. The van der Waals surface area contributed by atoms with Crippen LogP contribution < -0.4 is 0 Å². The van der Waals surface area contributed by atoms with Gasteiger partial charge in [-0.15, -0.1) is 0 Å². The maximum atomic E-state index is 9.04. The molecule has 5 heteroatoms. The van der Waals surface area contributed by atoms with Crippen molar-refractivity contribution in [1.82, 2.24) is 15.0 Å². The summed E-state index contributed by atoms with van der Waals surface area (Å²) >= 11 is 0. The molecule has 5 nitrogen and oxygen atoms in total. The minimum Gasteiger partial charge on any atom is -0.395 e. The van der Waals surface area contributed by atoms with Crippen LogP contribution in [0.5, 0.6) is 0 Å². The van der Waals surface area contributed by atoms with Gasteiger partial charge in [-0.05, 0) is 26.0 Å². The van der Waals surface area contributed by atoms with E-state index in [1.54, 1.807) is 0 Å². The zero-order valence-electron chi connectivity index (χ0n) is 11.3. The Morgan fingerprint density at radius 3 is 2.63 bits per heavy atom. The quantitative estimate of drug-likeness (QED) is 0.861. The molecule has 0 aliphatic carbocycles. The Kier molecular flexibility index (Phi) is 4.65. The smallest absolute Gasteiger partial charge is 0.257 e. The molecule has 19 heavy (non-hydrogen) atoms. The van der Waals surface area contributed by atoms with E-state index in [0.29, 0.717) is 30.8 Å². The number of hydrogen-bond donors (Lipinski definition) is 1. The number of aromatic nitrogens is 2. The third-order valence-electron chi connectivity index (χ3n) is 2.95. The number of hydrogen-bond acceptors (Lipinski definition) is 5. The Labute approximate surface area is 112 Å². The molecule has 0 amide bonds. The third kappa shape index (κ3) is 3.62. The fraction of sp³-hybridized carbons (Fsp3) is 0.429. The Morgan fingerprint density at radius 2 is 2.00 bits per heavy atom. The van der Waals surface area contributed by atoms with Crippen LogP contribution in [-0.4, -0.2) is 39.3 Å². The molecule has 0 bridgehead atoms. The van der Waals surface area contributed by atoms with Gasteiger partial charge >= 0.3 is 0 Å². The summed E-state index contributed by atoms with van der Waals surface area (Å²) in [4.78, 5) is 6.48. The van der Waals surface area contributed by atoms with Gasteiger partial charge in [0.15, 0.2) is 5.82 Å².